The smallest absolute Gasteiger partial charge is 0.211 e. The van der Waals surface area contributed by atoms with Gasteiger partial charge in [-0.1, -0.05) is 25.1 Å². The lowest BCUT2D eigenvalue weighted by Gasteiger charge is -2.17. The van der Waals surface area contributed by atoms with E-state index in [0.717, 1.165) is 19.5 Å². The summed E-state index contributed by atoms with van der Waals surface area (Å²) in [5, 5.41) is 3.40. The van der Waals surface area contributed by atoms with Crippen molar-refractivity contribution in [3.8, 4) is 0 Å². The van der Waals surface area contributed by atoms with Crippen LogP contribution in [0, 0.1) is 0 Å². The number of rotatable bonds is 8. The number of sulfonamides is 1. The van der Waals surface area contributed by atoms with Gasteiger partial charge in [-0.3, -0.25) is 0 Å². The molecule has 0 saturated heterocycles. The van der Waals surface area contributed by atoms with E-state index in [1.165, 1.54) is 46.5 Å². The molecule has 1 aliphatic carbocycles. The van der Waals surface area contributed by atoms with Crippen LogP contribution >= 0.6 is 0 Å². The van der Waals surface area contributed by atoms with Gasteiger partial charge in [0.15, 0.2) is 0 Å². The zero-order valence-electron chi connectivity index (χ0n) is 13.1. The number of nitrogens with zero attached hydrogens (tertiary/aromatic N) is 1. The lowest BCUT2D eigenvalue weighted by molar-refractivity contribution is 0.419. The van der Waals surface area contributed by atoms with Crippen LogP contribution in [0.25, 0.3) is 0 Å². The summed E-state index contributed by atoms with van der Waals surface area (Å²) in [6.07, 6.45) is 5.83. The van der Waals surface area contributed by atoms with Crippen LogP contribution in [0.2, 0.25) is 0 Å². The summed E-state index contributed by atoms with van der Waals surface area (Å²) in [7, 11) is -3.06. The molecule has 0 aromatic heterocycles. The average Bonchev–Trinajstić information content (AvgIpc) is 2.88. The molecule has 4 nitrogen and oxygen atoms in total. The average molecular weight is 310 g/mol. The van der Waals surface area contributed by atoms with E-state index in [2.05, 4.69) is 23.5 Å². The van der Waals surface area contributed by atoms with Crippen molar-refractivity contribution in [3.63, 3.8) is 0 Å². The van der Waals surface area contributed by atoms with Crippen LogP contribution in [0.3, 0.4) is 0 Å². The normalized spacial score (nSPS) is 14.6. The highest BCUT2D eigenvalue weighted by Crippen LogP contribution is 2.22. The molecule has 0 heterocycles. The summed E-state index contributed by atoms with van der Waals surface area (Å²) in [6.45, 7) is 4.70. The first-order valence-electron chi connectivity index (χ1n) is 7.77. The first-order chi connectivity index (χ1) is 10.0. The molecule has 0 saturated carbocycles. The van der Waals surface area contributed by atoms with Gasteiger partial charge in [0, 0.05) is 19.6 Å². The number of aryl methyl sites for hydroxylation is 2. The molecule has 1 aromatic carbocycles. The Labute approximate surface area is 128 Å². The quantitative estimate of drug-likeness (QED) is 0.747. The summed E-state index contributed by atoms with van der Waals surface area (Å²) in [5.74, 6) is 0. The highest BCUT2D eigenvalue weighted by molar-refractivity contribution is 7.88. The second-order valence-electron chi connectivity index (χ2n) is 5.74. The zero-order chi connectivity index (χ0) is 15.3. The van der Waals surface area contributed by atoms with Crippen LogP contribution in [0.1, 0.15) is 36.5 Å². The Balaban J connectivity index is 1.70. The van der Waals surface area contributed by atoms with E-state index in [1.807, 2.05) is 6.92 Å². The molecule has 0 atom stereocenters. The van der Waals surface area contributed by atoms with Gasteiger partial charge in [0.2, 0.25) is 10.0 Å². The predicted octanol–water partition coefficient (Wildman–Crippen LogP) is 1.94. The van der Waals surface area contributed by atoms with Crippen LogP contribution in [-0.4, -0.2) is 38.6 Å². The molecule has 118 valence electrons. The van der Waals surface area contributed by atoms with E-state index in [0.29, 0.717) is 13.1 Å². The fourth-order valence-corrected chi connectivity index (χ4v) is 3.84. The van der Waals surface area contributed by atoms with Gasteiger partial charge >= 0.3 is 0 Å². The maximum atomic E-state index is 11.5. The Morgan fingerprint density at radius 2 is 2.00 bits per heavy atom. The molecular formula is C16H26N2O2S. The number of fused-ring (bicyclic) bond motifs is 1. The van der Waals surface area contributed by atoms with Crippen LogP contribution in [0.5, 0.6) is 0 Å². The van der Waals surface area contributed by atoms with Gasteiger partial charge < -0.3 is 5.32 Å². The van der Waals surface area contributed by atoms with Crippen LogP contribution < -0.4 is 5.32 Å². The first-order valence-corrected chi connectivity index (χ1v) is 9.62. The lowest BCUT2D eigenvalue weighted by atomic mass is 10.1. The third-order valence-electron chi connectivity index (χ3n) is 4.07. The van der Waals surface area contributed by atoms with Gasteiger partial charge in [-0.05, 0) is 48.9 Å². The minimum Gasteiger partial charge on any atom is -0.313 e. The summed E-state index contributed by atoms with van der Waals surface area (Å²) in [4.78, 5) is 0. The van der Waals surface area contributed by atoms with Crippen molar-refractivity contribution < 1.29 is 8.42 Å². The summed E-state index contributed by atoms with van der Waals surface area (Å²) < 4.78 is 24.4. The van der Waals surface area contributed by atoms with Gasteiger partial charge in [0.1, 0.15) is 0 Å². The number of nitrogens with one attached hydrogen (secondary N) is 1. The van der Waals surface area contributed by atoms with E-state index in [4.69, 9.17) is 0 Å². The fraction of sp³-hybridized carbons (Fsp3) is 0.625. The van der Waals surface area contributed by atoms with E-state index >= 15 is 0 Å². The highest BCUT2D eigenvalue weighted by atomic mass is 32.2. The fourth-order valence-electron chi connectivity index (χ4n) is 2.91. The molecule has 0 spiro atoms. The Hall–Kier alpha value is -0.910. The molecule has 0 aliphatic heterocycles. The van der Waals surface area contributed by atoms with Crippen molar-refractivity contribution >= 4 is 10.0 Å². The Morgan fingerprint density at radius 1 is 1.24 bits per heavy atom. The molecule has 1 aromatic rings. The van der Waals surface area contributed by atoms with Crippen molar-refractivity contribution in [2.24, 2.45) is 0 Å². The third-order valence-corrected chi connectivity index (χ3v) is 5.45. The maximum Gasteiger partial charge on any atom is 0.211 e. The van der Waals surface area contributed by atoms with Crippen LogP contribution in [0.4, 0.5) is 0 Å². The van der Waals surface area contributed by atoms with Crippen LogP contribution in [-0.2, 0) is 29.4 Å². The van der Waals surface area contributed by atoms with Gasteiger partial charge in [-0.15, -0.1) is 0 Å². The van der Waals surface area contributed by atoms with Gasteiger partial charge in [0.25, 0.3) is 0 Å². The van der Waals surface area contributed by atoms with Gasteiger partial charge in [-0.2, -0.15) is 0 Å². The van der Waals surface area contributed by atoms with Crippen molar-refractivity contribution in [1.82, 2.24) is 9.62 Å². The Bertz CT molecular complexity index is 570. The Morgan fingerprint density at radius 3 is 2.71 bits per heavy atom. The second-order valence-corrected chi connectivity index (χ2v) is 7.72. The van der Waals surface area contributed by atoms with Crippen LogP contribution in [0.15, 0.2) is 18.2 Å². The van der Waals surface area contributed by atoms with E-state index < -0.39 is 10.0 Å². The molecule has 2 rings (SSSR count). The topological polar surface area (TPSA) is 49.4 Å². The monoisotopic (exact) mass is 310 g/mol. The highest BCUT2D eigenvalue weighted by Gasteiger charge is 2.13. The Kier molecular flexibility index (Phi) is 5.79. The minimum atomic E-state index is -3.06. The maximum absolute atomic E-state index is 11.5. The lowest BCUT2D eigenvalue weighted by Crippen LogP contribution is -2.32. The van der Waals surface area contributed by atoms with Crippen molar-refractivity contribution in [2.75, 3.05) is 25.9 Å². The second kappa shape index (κ2) is 7.38. The molecular weight excluding hydrogens is 284 g/mol. The summed E-state index contributed by atoms with van der Waals surface area (Å²) in [5.41, 5.74) is 4.33. The van der Waals surface area contributed by atoms with Crippen molar-refractivity contribution in [1.29, 1.82) is 0 Å². The SMILES string of the molecule is CCN(CCCNCc1ccc2c(c1)CCC2)S(C)(=O)=O. The summed E-state index contributed by atoms with van der Waals surface area (Å²) in [6, 6.07) is 6.76. The molecule has 0 unspecified atom stereocenters. The van der Waals surface area contributed by atoms with E-state index in [-0.39, 0.29) is 0 Å². The largest absolute Gasteiger partial charge is 0.313 e. The first kappa shape index (κ1) is 16.5. The molecule has 1 N–H and O–H groups in total. The van der Waals surface area contributed by atoms with Gasteiger partial charge in [-0.25, -0.2) is 12.7 Å². The number of benzene rings is 1. The molecule has 0 amide bonds. The van der Waals surface area contributed by atoms with E-state index in [1.54, 1.807) is 0 Å². The van der Waals surface area contributed by atoms with E-state index in [9.17, 15) is 8.42 Å². The number of hydrogen-bond donors (Lipinski definition) is 1. The molecule has 0 bridgehead atoms. The standard InChI is InChI=1S/C16H26N2O2S/c1-3-18(21(2,19)20)11-5-10-17-13-14-8-9-15-6-4-7-16(15)12-14/h8-9,12,17H,3-7,10-11,13H2,1-2H3. The molecule has 0 fully saturated rings. The molecule has 1 aliphatic rings. The molecule has 21 heavy (non-hydrogen) atoms. The molecule has 0 radical (unpaired) electrons. The molecule has 5 heteroatoms. The number of hydrogen-bond acceptors (Lipinski definition) is 3. The third kappa shape index (κ3) is 4.80. The predicted molar refractivity (Wildman–Crippen MR) is 86.9 cm³/mol. The minimum absolute atomic E-state index is 0.545. The van der Waals surface area contributed by atoms with Crippen molar-refractivity contribution in [3.05, 3.63) is 34.9 Å². The van der Waals surface area contributed by atoms with Gasteiger partial charge in [0.05, 0.1) is 6.26 Å². The zero-order valence-corrected chi connectivity index (χ0v) is 13.9. The van der Waals surface area contributed by atoms with Crippen molar-refractivity contribution in [2.45, 2.75) is 39.2 Å². The summed E-state index contributed by atoms with van der Waals surface area (Å²) >= 11 is 0.